The van der Waals surface area contributed by atoms with Crippen molar-refractivity contribution in [1.29, 1.82) is 0 Å². The van der Waals surface area contributed by atoms with Crippen LogP contribution in [0.15, 0.2) is 41.7 Å². The highest BCUT2D eigenvalue weighted by atomic mass is 127. The Hall–Kier alpha value is -1.49. The van der Waals surface area contributed by atoms with Gasteiger partial charge in [0.1, 0.15) is 12.2 Å². The van der Waals surface area contributed by atoms with Crippen molar-refractivity contribution in [2.45, 2.75) is 24.5 Å². The monoisotopic (exact) mass is 502 g/mol. The largest absolute Gasteiger partial charge is 0.355 e. The molecule has 2 aromatic rings. The Morgan fingerprint density at radius 2 is 2.07 bits per heavy atom. The van der Waals surface area contributed by atoms with Gasteiger partial charge < -0.3 is 10.2 Å². The SMILES string of the molecule is CN=C(NCCS(=O)Cc1ccccc1)N1CCC(c2ncn[nH]2)CC1.I. The zero-order chi connectivity index (χ0) is 18.2. The lowest BCUT2D eigenvalue weighted by Crippen LogP contribution is -2.46. The summed E-state index contributed by atoms with van der Waals surface area (Å²) in [6.07, 6.45) is 3.61. The third kappa shape index (κ3) is 6.56. The molecule has 7 nitrogen and oxygen atoms in total. The fraction of sp³-hybridized carbons (Fsp3) is 0.500. The van der Waals surface area contributed by atoms with Gasteiger partial charge in [-0.2, -0.15) is 5.10 Å². The van der Waals surface area contributed by atoms with E-state index in [-0.39, 0.29) is 24.0 Å². The summed E-state index contributed by atoms with van der Waals surface area (Å²) in [6, 6.07) is 9.97. The first kappa shape index (κ1) is 21.8. The number of nitrogens with one attached hydrogen (secondary N) is 2. The van der Waals surface area contributed by atoms with Crippen LogP contribution < -0.4 is 5.32 Å². The molecule has 3 rings (SSSR count). The standard InChI is InChI=1S/C18H26N6OS.HI/c1-19-18(20-9-12-26(25)13-15-5-3-2-4-6-15)24-10-7-16(8-11-24)17-21-14-22-23-17;/h2-6,14,16H,7-13H2,1H3,(H,19,20)(H,21,22,23);1H. The Morgan fingerprint density at radius 3 is 2.70 bits per heavy atom. The maximum atomic E-state index is 12.2. The molecule has 1 aromatic carbocycles. The van der Waals surface area contributed by atoms with Crippen LogP contribution in [0, 0.1) is 0 Å². The molecular formula is C18H27IN6OS. The summed E-state index contributed by atoms with van der Waals surface area (Å²) < 4.78 is 12.2. The first-order valence-corrected chi connectivity index (χ1v) is 10.4. The summed E-state index contributed by atoms with van der Waals surface area (Å²) in [5.41, 5.74) is 1.12. The number of rotatable bonds is 6. The molecule has 1 fully saturated rings. The number of aromatic amines is 1. The minimum atomic E-state index is -0.876. The lowest BCUT2D eigenvalue weighted by Gasteiger charge is -2.33. The molecule has 0 spiro atoms. The lowest BCUT2D eigenvalue weighted by molar-refractivity contribution is 0.299. The average Bonchev–Trinajstić information content (AvgIpc) is 3.21. The van der Waals surface area contributed by atoms with E-state index in [1.165, 1.54) is 0 Å². The number of guanidine groups is 1. The third-order valence-electron chi connectivity index (χ3n) is 4.61. The van der Waals surface area contributed by atoms with E-state index in [0.29, 0.717) is 24.0 Å². The van der Waals surface area contributed by atoms with Crippen molar-refractivity contribution in [2.75, 3.05) is 32.4 Å². The Balaban J connectivity index is 0.00000261. The van der Waals surface area contributed by atoms with Gasteiger partial charge in [0.25, 0.3) is 0 Å². The van der Waals surface area contributed by atoms with E-state index in [2.05, 4.69) is 30.4 Å². The van der Waals surface area contributed by atoms with Crippen molar-refractivity contribution in [3.05, 3.63) is 48.0 Å². The van der Waals surface area contributed by atoms with Crippen molar-refractivity contribution in [2.24, 2.45) is 4.99 Å². The van der Waals surface area contributed by atoms with Gasteiger partial charge in [-0.15, -0.1) is 24.0 Å². The molecule has 1 saturated heterocycles. The smallest absolute Gasteiger partial charge is 0.193 e. The van der Waals surface area contributed by atoms with E-state index in [4.69, 9.17) is 0 Å². The number of aliphatic imine (C=N–C) groups is 1. The third-order valence-corrected chi connectivity index (χ3v) is 5.92. The van der Waals surface area contributed by atoms with Crippen LogP contribution in [-0.2, 0) is 16.6 Å². The van der Waals surface area contributed by atoms with Gasteiger partial charge in [0.05, 0.1) is 0 Å². The van der Waals surface area contributed by atoms with Crippen LogP contribution in [0.5, 0.6) is 0 Å². The average molecular weight is 502 g/mol. The Bertz CT molecular complexity index is 717. The summed E-state index contributed by atoms with van der Waals surface area (Å²) in [7, 11) is 0.922. The van der Waals surface area contributed by atoms with E-state index in [9.17, 15) is 4.21 Å². The number of hydrogen-bond acceptors (Lipinski definition) is 4. The zero-order valence-electron chi connectivity index (χ0n) is 15.5. The van der Waals surface area contributed by atoms with E-state index in [0.717, 1.165) is 43.3 Å². The van der Waals surface area contributed by atoms with E-state index >= 15 is 0 Å². The molecule has 1 atom stereocenters. The second-order valence-corrected chi connectivity index (χ2v) is 7.96. The molecule has 1 aromatic heterocycles. The minimum absolute atomic E-state index is 0. The maximum Gasteiger partial charge on any atom is 0.193 e. The normalized spacial score (nSPS) is 16.6. The van der Waals surface area contributed by atoms with Crippen LogP contribution in [0.3, 0.4) is 0 Å². The molecule has 1 aliphatic heterocycles. The van der Waals surface area contributed by atoms with E-state index < -0.39 is 10.8 Å². The molecule has 27 heavy (non-hydrogen) atoms. The number of aromatic nitrogens is 3. The number of hydrogen-bond donors (Lipinski definition) is 2. The van der Waals surface area contributed by atoms with Crippen LogP contribution in [0.2, 0.25) is 0 Å². The molecule has 0 saturated carbocycles. The Morgan fingerprint density at radius 1 is 1.33 bits per heavy atom. The van der Waals surface area contributed by atoms with Crippen LogP contribution in [0.4, 0.5) is 0 Å². The van der Waals surface area contributed by atoms with Crippen molar-refractivity contribution in [3.8, 4) is 0 Å². The van der Waals surface area contributed by atoms with Crippen molar-refractivity contribution < 1.29 is 4.21 Å². The number of nitrogens with zero attached hydrogens (tertiary/aromatic N) is 4. The summed E-state index contributed by atoms with van der Waals surface area (Å²) in [4.78, 5) is 10.9. The Labute approximate surface area is 179 Å². The zero-order valence-corrected chi connectivity index (χ0v) is 18.7. The van der Waals surface area contributed by atoms with Gasteiger partial charge in [-0.3, -0.25) is 14.3 Å². The summed E-state index contributed by atoms with van der Waals surface area (Å²) in [6.45, 7) is 2.52. The van der Waals surface area contributed by atoms with Crippen LogP contribution >= 0.6 is 24.0 Å². The number of halogens is 1. The molecule has 2 heterocycles. The highest BCUT2D eigenvalue weighted by Crippen LogP contribution is 2.24. The predicted molar refractivity (Wildman–Crippen MR) is 120 cm³/mol. The topological polar surface area (TPSA) is 86.3 Å². The van der Waals surface area contributed by atoms with Gasteiger partial charge in [-0.25, -0.2) is 4.98 Å². The van der Waals surface area contributed by atoms with Crippen LogP contribution in [0.1, 0.15) is 30.1 Å². The summed E-state index contributed by atoms with van der Waals surface area (Å²) >= 11 is 0. The van der Waals surface area contributed by atoms with Crippen LogP contribution in [0.25, 0.3) is 0 Å². The number of H-pyrrole nitrogens is 1. The molecule has 0 radical (unpaired) electrons. The van der Waals surface area contributed by atoms with Gasteiger partial charge in [-0.05, 0) is 18.4 Å². The minimum Gasteiger partial charge on any atom is -0.355 e. The van der Waals surface area contributed by atoms with Gasteiger partial charge in [-0.1, -0.05) is 30.3 Å². The number of piperidine rings is 1. The molecule has 2 N–H and O–H groups in total. The Kier molecular flexibility index (Phi) is 9.19. The molecular weight excluding hydrogens is 475 g/mol. The highest BCUT2D eigenvalue weighted by Gasteiger charge is 2.24. The van der Waals surface area contributed by atoms with Crippen molar-refractivity contribution in [3.63, 3.8) is 0 Å². The molecule has 1 unspecified atom stereocenters. The molecule has 9 heteroatoms. The first-order valence-electron chi connectivity index (χ1n) is 8.96. The second-order valence-electron chi connectivity index (χ2n) is 6.38. The van der Waals surface area contributed by atoms with Crippen LogP contribution in [-0.4, -0.2) is 62.7 Å². The van der Waals surface area contributed by atoms with Crippen molar-refractivity contribution in [1.82, 2.24) is 25.4 Å². The first-order chi connectivity index (χ1) is 12.8. The molecule has 1 aliphatic rings. The molecule has 148 valence electrons. The van der Waals surface area contributed by atoms with Gasteiger partial charge >= 0.3 is 0 Å². The van der Waals surface area contributed by atoms with Gasteiger partial charge in [0, 0.05) is 54.9 Å². The maximum absolute atomic E-state index is 12.2. The van der Waals surface area contributed by atoms with Gasteiger partial charge in [0.15, 0.2) is 5.96 Å². The second kappa shape index (κ2) is 11.4. The highest BCUT2D eigenvalue weighted by molar-refractivity contribution is 14.0. The predicted octanol–water partition coefficient (Wildman–Crippen LogP) is 2.13. The summed E-state index contributed by atoms with van der Waals surface area (Å²) in [5, 5.41) is 10.3. The quantitative estimate of drug-likeness (QED) is 0.359. The van der Waals surface area contributed by atoms with Crippen molar-refractivity contribution >= 4 is 40.7 Å². The number of likely N-dealkylation sites (tertiary alicyclic amines) is 1. The molecule has 0 bridgehead atoms. The summed E-state index contributed by atoms with van der Waals surface area (Å²) in [5.74, 6) is 3.51. The fourth-order valence-corrected chi connectivity index (χ4v) is 4.26. The van der Waals surface area contributed by atoms with E-state index in [1.54, 1.807) is 13.4 Å². The molecule has 0 amide bonds. The molecule has 0 aliphatic carbocycles. The van der Waals surface area contributed by atoms with Gasteiger partial charge in [0.2, 0.25) is 0 Å². The fourth-order valence-electron chi connectivity index (χ4n) is 3.22. The lowest BCUT2D eigenvalue weighted by atomic mass is 9.96. The van der Waals surface area contributed by atoms with E-state index in [1.807, 2.05) is 30.3 Å². The number of benzene rings is 1.